The minimum Gasteiger partial charge on any atom is -0.371 e. The normalized spacial score (nSPS) is 25.8. The average Bonchev–Trinajstić information content (AvgIpc) is 2.49. The van der Waals surface area contributed by atoms with E-state index in [0.29, 0.717) is 0 Å². The topological polar surface area (TPSA) is 55.1 Å². The van der Waals surface area contributed by atoms with Gasteiger partial charge in [-0.05, 0) is 49.3 Å². The molecular formula is C16H23BrN2O. The zero-order valence-corrected chi connectivity index (χ0v) is 13.8. The van der Waals surface area contributed by atoms with Crippen molar-refractivity contribution in [2.24, 2.45) is 11.1 Å². The van der Waals surface area contributed by atoms with Crippen molar-refractivity contribution >= 4 is 27.5 Å². The Balaban J connectivity index is 2.24. The third-order valence-electron chi connectivity index (χ3n) is 4.37. The van der Waals surface area contributed by atoms with Gasteiger partial charge >= 0.3 is 0 Å². The second-order valence-corrected chi connectivity index (χ2v) is 7.52. The molecule has 1 aromatic carbocycles. The molecule has 3 nitrogen and oxygen atoms in total. The van der Waals surface area contributed by atoms with Gasteiger partial charge in [0.15, 0.2) is 0 Å². The summed E-state index contributed by atoms with van der Waals surface area (Å²) in [5.41, 5.74) is 6.35. The van der Waals surface area contributed by atoms with Gasteiger partial charge in [-0.15, -0.1) is 0 Å². The molecule has 1 amide bonds. The van der Waals surface area contributed by atoms with Gasteiger partial charge in [0, 0.05) is 10.2 Å². The molecule has 1 aliphatic rings. The Morgan fingerprint density at radius 2 is 2.00 bits per heavy atom. The smallest absolute Gasteiger partial charge is 0.243 e. The Labute approximate surface area is 129 Å². The lowest BCUT2D eigenvalue weighted by Crippen LogP contribution is -2.50. The van der Waals surface area contributed by atoms with Gasteiger partial charge in [-0.1, -0.05) is 42.3 Å². The number of carbonyl (C=O) groups is 1. The second kappa shape index (κ2) is 5.76. The summed E-state index contributed by atoms with van der Waals surface area (Å²) < 4.78 is 0.996. The van der Waals surface area contributed by atoms with Gasteiger partial charge < -0.3 is 11.1 Å². The van der Waals surface area contributed by atoms with Crippen molar-refractivity contribution < 1.29 is 4.79 Å². The average molecular weight is 339 g/mol. The van der Waals surface area contributed by atoms with Crippen molar-refractivity contribution in [1.29, 1.82) is 0 Å². The van der Waals surface area contributed by atoms with Gasteiger partial charge in [0.25, 0.3) is 0 Å². The number of nitrogens with one attached hydrogen (secondary N) is 1. The van der Waals surface area contributed by atoms with Gasteiger partial charge in [-0.25, -0.2) is 0 Å². The number of hydrogen-bond acceptors (Lipinski definition) is 2. The third kappa shape index (κ3) is 3.54. The molecule has 1 unspecified atom stereocenters. The maximum absolute atomic E-state index is 12.1. The number of rotatable bonds is 3. The highest BCUT2D eigenvalue weighted by Crippen LogP contribution is 2.39. The van der Waals surface area contributed by atoms with Gasteiger partial charge in [0.1, 0.15) is 5.54 Å². The van der Waals surface area contributed by atoms with Crippen molar-refractivity contribution in [3.8, 4) is 0 Å². The molecule has 0 heterocycles. The first-order valence-corrected chi connectivity index (χ1v) is 7.96. The maximum atomic E-state index is 12.1. The molecule has 0 spiro atoms. The van der Waals surface area contributed by atoms with Crippen LogP contribution in [0.1, 0.15) is 46.0 Å². The van der Waals surface area contributed by atoms with E-state index < -0.39 is 5.54 Å². The fraction of sp³-hybridized carbons (Fsp3) is 0.562. The lowest BCUT2D eigenvalue weighted by atomic mass is 9.83. The molecule has 0 aromatic heterocycles. The summed E-state index contributed by atoms with van der Waals surface area (Å²) in [6, 6.07) is 7.90. The zero-order valence-electron chi connectivity index (χ0n) is 12.2. The van der Waals surface area contributed by atoms with Crippen LogP contribution in [-0.2, 0) is 4.79 Å². The number of nitrogens with two attached hydrogens (primary N) is 1. The summed E-state index contributed by atoms with van der Waals surface area (Å²) >= 11 is 3.46. The lowest BCUT2D eigenvalue weighted by molar-refractivity contribution is -0.122. The summed E-state index contributed by atoms with van der Waals surface area (Å²) in [5, 5.41) is 3.41. The van der Waals surface area contributed by atoms with E-state index in [0.717, 1.165) is 42.3 Å². The predicted molar refractivity (Wildman–Crippen MR) is 86.6 cm³/mol. The van der Waals surface area contributed by atoms with Gasteiger partial charge in [0.2, 0.25) is 5.91 Å². The van der Waals surface area contributed by atoms with Crippen LogP contribution in [0.5, 0.6) is 0 Å². The van der Waals surface area contributed by atoms with Crippen LogP contribution in [0.25, 0.3) is 0 Å². The summed E-state index contributed by atoms with van der Waals surface area (Å²) in [4.78, 5) is 12.1. The van der Waals surface area contributed by atoms with E-state index in [1.54, 1.807) is 0 Å². The second-order valence-electron chi connectivity index (χ2n) is 6.60. The number of halogens is 1. The number of hydrogen-bond donors (Lipinski definition) is 2. The number of carbonyl (C=O) groups excluding carboxylic acids is 1. The molecule has 0 bridgehead atoms. The molecule has 1 aliphatic carbocycles. The van der Waals surface area contributed by atoms with Crippen molar-refractivity contribution in [2.75, 3.05) is 5.32 Å². The van der Waals surface area contributed by atoms with Crippen LogP contribution < -0.4 is 11.1 Å². The van der Waals surface area contributed by atoms with Crippen LogP contribution in [0.15, 0.2) is 28.7 Å². The van der Waals surface area contributed by atoms with Crippen LogP contribution in [0.3, 0.4) is 0 Å². The molecule has 2 rings (SSSR count). The van der Waals surface area contributed by atoms with Gasteiger partial charge in [-0.3, -0.25) is 4.79 Å². The largest absolute Gasteiger partial charge is 0.371 e. The maximum Gasteiger partial charge on any atom is 0.243 e. The van der Waals surface area contributed by atoms with Gasteiger partial charge in [-0.2, -0.15) is 0 Å². The van der Waals surface area contributed by atoms with E-state index >= 15 is 0 Å². The standard InChI is InChI=1S/C16H23BrN2O/c1-15(2)7-4-8-16(10-9-15,14(18)20)19-13-6-3-5-12(17)11-13/h3,5-6,11,19H,4,7-10H2,1-2H3,(H2,18,20). The number of primary amides is 1. The van der Waals surface area contributed by atoms with Crippen LogP contribution in [0, 0.1) is 5.41 Å². The molecule has 0 saturated heterocycles. The highest BCUT2D eigenvalue weighted by atomic mass is 79.9. The Bertz CT molecular complexity index is 501. The van der Waals surface area contributed by atoms with Crippen LogP contribution in [-0.4, -0.2) is 11.4 Å². The zero-order chi connectivity index (χ0) is 14.8. The minimum atomic E-state index is -0.617. The number of benzene rings is 1. The van der Waals surface area contributed by atoms with E-state index in [4.69, 9.17) is 5.73 Å². The first-order valence-electron chi connectivity index (χ1n) is 7.17. The summed E-state index contributed by atoms with van der Waals surface area (Å²) in [7, 11) is 0. The van der Waals surface area contributed by atoms with Crippen LogP contribution in [0.4, 0.5) is 5.69 Å². The van der Waals surface area contributed by atoms with E-state index in [9.17, 15) is 4.79 Å². The summed E-state index contributed by atoms with van der Waals surface area (Å²) in [6.45, 7) is 4.53. The van der Waals surface area contributed by atoms with Crippen LogP contribution >= 0.6 is 15.9 Å². The fourth-order valence-corrected chi connectivity index (χ4v) is 3.35. The summed E-state index contributed by atoms with van der Waals surface area (Å²) in [5.74, 6) is -0.241. The third-order valence-corrected chi connectivity index (χ3v) is 4.86. The van der Waals surface area contributed by atoms with Crippen molar-refractivity contribution in [3.63, 3.8) is 0 Å². The monoisotopic (exact) mass is 338 g/mol. The van der Waals surface area contributed by atoms with E-state index in [1.807, 2.05) is 24.3 Å². The molecule has 0 aliphatic heterocycles. The van der Waals surface area contributed by atoms with Crippen molar-refractivity contribution in [1.82, 2.24) is 0 Å². The molecule has 20 heavy (non-hydrogen) atoms. The van der Waals surface area contributed by atoms with Crippen molar-refractivity contribution in [3.05, 3.63) is 28.7 Å². The highest BCUT2D eigenvalue weighted by Gasteiger charge is 2.40. The Hall–Kier alpha value is -1.03. The molecule has 3 N–H and O–H groups in total. The van der Waals surface area contributed by atoms with Gasteiger partial charge in [0.05, 0.1) is 0 Å². The highest BCUT2D eigenvalue weighted by molar-refractivity contribution is 9.10. The van der Waals surface area contributed by atoms with E-state index in [2.05, 4.69) is 35.1 Å². The quantitative estimate of drug-likeness (QED) is 0.816. The first-order chi connectivity index (χ1) is 9.33. The molecule has 1 atom stereocenters. The van der Waals surface area contributed by atoms with Crippen molar-refractivity contribution in [2.45, 2.75) is 51.5 Å². The van der Waals surface area contributed by atoms with E-state index in [1.165, 1.54) is 0 Å². The van der Waals surface area contributed by atoms with Crippen LogP contribution in [0.2, 0.25) is 0 Å². The molecular weight excluding hydrogens is 316 g/mol. The molecule has 1 saturated carbocycles. The first kappa shape index (κ1) is 15.4. The Morgan fingerprint density at radius 3 is 2.65 bits per heavy atom. The number of anilines is 1. The summed E-state index contributed by atoms with van der Waals surface area (Å²) in [6.07, 6.45) is 4.77. The Morgan fingerprint density at radius 1 is 1.25 bits per heavy atom. The predicted octanol–water partition coefficient (Wildman–Crippen LogP) is 4.08. The Kier molecular flexibility index (Phi) is 4.43. The molecule has 0 radical (unpaired) electrons. The number of amides is 1. The lowest BCUT2D eigenvalue weighted by Gasteiger charge is -2.32. The minimum absolute atomic E-state index is 0.241. The molecule has 1 aromatic rings. The fourth-order valence-electron chi connectivity index (χ4n) is 2.95. The SMILES string of the molecule is CC1(C)CCCC(Nc2cccc(Br)c2)(C(N)=O)CC1. The molecule has 4 heteroatoms. The molecule has 1 fully saturated rings. The molecule has 110 valence electrons. The van der Waals surface area contributed by atoms with E-state index in [-0.39, 0.29) is 11.3 Å².